The SMILES string of the molecule is CCCC[N+](CCCC)(CCCC)CCCC.CCCC[N+](CCCC)(CCCC)CCCC.COP(=O)([O-])Cc1ccc(CP(=O)([O-])OC)cc1. The van der Waals surface area contributed by atoms with Crippen molar-refractivity contribution in [3.05, 3.63) is 35.4 Å². The monoisotopic (exact) mass is 777 g/mol. The number of hydrogen-bond acceptors (Lipinski definition) is 6. The molecule has 2 unspecified atom stereocenters. The van der Waals surface area contributed by atoms with E-state index in [1.165, 1.54) is 164 Å². The molecule has 0 heterocycles. The smallest absolute Gasteiger partial charge is 0.139 e. The first-order chi connectivity index (χ1) is 24.8. The molecule has 0 spiro atoms. The van der Waals surface area contributed by atoms with Gasteiger partial charge in [0.2, 0.25) is 0 Å². The molecule has 310 valence electrons. The van der Waals surface area contributed by atoms with E-state index >= 15 is 0 Å². The van der Waals surface area contributed by atoms with Crippen molar-refractivity contribution < 1.29 is 36.9 Å². The van der Waals surface area contributed by atoms with E-state index in [0.717, 1.165) is 14.2 Å². The molecule has 0 N–H and O–H groups in total. The fourth-order valence-corrected chi connectivity index (χ4v) is 8.19. The quantitative estimate of drug-likeness (QED) is 0.0570. The molecule has 0 saturated carbocycles. The minimum absolute atomic E-state index is 0.219. The van der Waals surface area contributed by atoms with Crippen LogP contribution >= 0.6 is 15.2 Å². The molecule has 0 amide bonds. The molecule has 52 heavy (non-hydrogen) atoms. The second-order valence-electron chi connectivity index (χ2n) is 15.0. The highest BCUT2D eigenvalue weighted by Crippen LogP contribution is 2.42. The molecule has 10 heteroatoms. The van der Waals surface area contributed by atoms with Crippen molar-refractivity contribution in [3.63, 3.8) is 0 Å². The largest absolute Gasteiger partial charge is 0.778 e. The van der Waals surface area contributed by atoms with Gasteiger partial charge in [0.05, 0.1) is 52.4 Å². The molecule has 0 aliphatic carbocycles. The number of quaternary nitrogens is 2. The molecule has 0 saturated heterocycles. The Bertz CT molecular complexity index is 884. The first-order valence-corrected chi connectivity index (χ1v) is 24.7. The van der Waals surface area contributed by atoms with E-state index in [1.54, 1.807) is 24.3 Å². The first kappa shape index (κ1) is 53.5. The molecule has 0 aliphatic heterocycles. The van der Waals surface area contributed by atoms with E-state index in [4.69, 9.17) is 0 Å². The number of unbranched alkanes of at least 4 members (excludes halogenated alkanes) is 8. The van der Waals surface area contributed by atoms with Crippen LogP contribution in [0.25, 0.3) is 0 Å². The summed E-state index contributed by atoms with van der Waals surface area (Å²) in [5, 5.41) is 0. The van der Waals surface area contributed by atoms with Crippen molar-refractivity contribution in [1.82, 2.24) is 0 Å². The standard InChI is InChI=1S/2C16H36N.C10H16O6P2/c2*1-5-9-13-17(14-10-6-2,15-11-7-3)16-12-8-4;1-15-17(11,12)7-9-3-5-10(6-4-9)8-18(13,14)16-2/h2*5-16H2,1-4H3;3-6H,7-8H2,1-2H3,(H,11,12)(H,13,14)/q2*+1;/p-2. The molecule has 1 aromatic carbocycles. The molecule has 1 aromatic rings. The van der Waals surface area contributed by atoms with Gasteiger partial charge in [-0.3, -0.25) is 0 Å². The normalized spacial score (nSPS) is 14.1. The van der Waals surface area contributed by atoms with Crippen LogP contribution in [-0.4, -0.2) is 75.5 Å². The highest BCUT2D eigenvalue weighted by molar-refractivity contribution is 7.50. The number of nitrogens with zero attached hydrogens (tertiary/aromatic N) is 2. The van der Waals surface area contributed by atoms with Crippen LogP contribution in [0.1, 0.15) is 169 Å². The third-order valence-corrected chi connectivity index (χ3v) is 12.8. The maximum absolute atomic E-state index is 11.2. The Morgan fingerprint density at radius 1 is 0.423 bits per heavy atom. The zero-order valence-corrected chi connectivity index (χ0v) is 37.7. The fraction of sp³-hybridized carbons (Fsp3) is 0.857. The van der Waals surface area contributed by atoms with Crippen molar-refractivity contribution in [3.8, 4) is 0 Å². The van der Waals surface area contributed by atoms with Crippen molar-refractivity contribution >= 4 is 15.2 Å². The van der Waals surface area contributed by atoms with Crippen molar-refractivity contribution in [1.29, 1.82) is 0 Å². The van der Waals surface area contributed by atoms with Crippen molar-refractivity contribution in [2.24, 2.45) is 0 Å². The van der Waals surface area contributed by atoms with E-state index in [0.29, 0.717) is 11.1 Å². The molecule has 0 fully saturated rings. The Kier molecular flexibility index (Phi) is 33.6. The molecule has 8 nitrogen and oxygen atoms in total. The van der Waals surface area contributed by atoms with Crippen LogP contribution in [0.15, 0.2) is 24.3 Å². The summed E-state index contributed by atoms with van der Waals surface area (Å²) in [5.41, 5.74) is 1.08. The molecule has 1 rings (SSSR count). The van der Waals surface area contributed by atoms with Gasteiger partial charge in [0.1, 0.15) is 15.2 Å². The Balaban J connectivity index is 0. The lowest BCUT2D eigenvalue weighted by Gasteiger charge is -2.39. The third-order valence-electron chi connectivity index (χ3n) is 10.2. The summed E-state index contributed by atoms with van der Waals surface area (Å²) >= 11 is 0. The summed E-state index contributed by atoms with van der Waals surface area (Å²) in [4.78, 5) is 22.4. The van der Waals surface area contributed by atoms with E-state index in [9.17, 15) is 18.9 Å². The maximum Gasteiger partial charge on any atom is 0.139 e. The minimum Gasteiger partial charge on any atom is -0.778 e. The summed E-state index contributed by atoms with van der Waals surface area (Å²) < 4.78 is 34.0. The summed E-state index contributed by atoms with van der Waals surface area (Å²) in [6.45, 7) is 30.0. The number of rotatable bonds is 30. The molecule has 0 aromatic heterocycles. The van der Waals surface area contributed by atoms with Gasteiger partial charge in [0.15, 0.2) is 0 Å². The first-order valence-electron chi connectivity index (χ1n) is 21.3. The predicted octanol–water partition coefficient (Wildman–Crippen LogP) is 11.1. The highest BCUT2D eigenvalue weighted by atomic mass is 31.2. The van der Waals surface area contributed by atoms with Gasteiger partial charge in [-0.25, -0.2) is 0 Å². The number of benzene rings is 1. The summed E-state index contributed by atoms with van der Waals surface area (Å²) in [7, 11) is -5.49. The van der Waals surface area contributed by atoms with Gasteiger partial charge >= 0.3 is 0 Å². The summed E-state index contributed by atoms with van der Waals surface area (Å²) in [6.07, 6.45) is 21.7. The number of hydrogen-bond donors (Lipinski definition) is 0. The second-order valence-corrected chi connectivity index (χ2v) is 18.8. The van der Waals surface area contributed by atoms with Crippen molar-refractivity contribution in [2.45, 2.75) is 170 Å². The molecule has 0 aliphatic rings. The van der Waals surface area contributed by atoms with Crippen LogP contribution in [0.2, 0.25) is 0 Å². The lowest BCUT2D eigenvalue weighted by atomic mass is 10.1. The predicted molar refractivity (Wildman–Crippen MR) is 222 cm³/mol. The fourth-order valence-electron chi connectivity index (χ4n) is 6.62. The van der Waals surface area contributed by atoms with Gasteiger partial charge in [0.25, 0.3) is 0 Å². The topological polar surface area (TPSA) is 98.7 Å². The van der Waals surface area contributed by atoms with Crippen LogP contribution in [-0.2, 0) is 30.5 Å². The second kappa shape index (κ2) is 32.7. The zero-order valence-electron chi connectivity index (χ0n) is 35.9. The van der Waals surface area contributed by atoms with E-state index in [2.05, 4.69) is 64.4 Å². The highest BCUT2D eigenvalue weighted by Gasteiger charge is 2.25. The Morgan fingerprint density at radius 3 is 0.731 bits per heavy atom. The lowest BCUT2D eigenvalue weighted by Crippen LogP contribution is -2.50. The molecule has 2 atom stereocenters. The van der Waals surface area contributed by atoms with Crippen LogP contribution in [0.3, 0.4) is 0 Å². The maximum atomic E-state index is 11.2. The molecule has 0 bridgehead atoms. The Morgan fingerprint density at radius 2 is 0.596 bits per heavy atom. The van der Waals surface area contributed by atoms with Gasteiger partial charge < -0.3 is 36.9 Å². The van der Waals surface area contributed by atoms with Gasteiger partial charge in [0, 0.05) is 26.5 Å². The average molecular weight is 777 g/mol. The van der Waals surface area contributed by atoms with E-state index in [1.807, 2.05) is 0 Å². The third kappa shape index (κ3) is 27.1. The van der Waals surface area contributed by atoms with Gasteiger partial charge in [-0.05, 0) is 62.5 Å². The Hall–Kier alpha value is -0.560. The van der Waals surface area contributed by atoms with Gasteiger partial charge in [-0.2, -0.15) is 0 Å². The van der Waals surface area contributed by atoms with Crippen LogP contribution in [0.4, 0.5) is 0 Å². The zero-order chi connectivity index (χ0) is 39.8. The van der Waals surface area contributed by atoms with Crippen molar-refractivity contribution in [2.75, 3.05) is 66.6 Å². The molecular weight excluding hydrogens is 690 g/mol. The van der Waals surface area contributed by atoms with Crippen LogP contribution in [0, 0.1) is 0 Å². The minimum atomic E-state index is -3.85. The summed E-state index contributed by atoms with van der Waals surface area (Å²) in [6, 6.07) is 6.20. The Labute approximate surface area is 323 Å². The lowest BCUT2D eigenvalue weighted by molar-refractivity contribution is -0.929. The molecule has 0 radical (unpaired) electrons. The summed E-state index contributed by atoms with van der Waals surface area (Å²) in [5.74, 6) is 0. The molecular formula is C42H86N2O6P2. The van der Waals surface area contributed by atoms with Crippen LogP contribution < -0.4 is 9.79 Å². The van der Waals surface area contributed by atoms with E-state index < -0.39 is 15.2 Å². The average Bonchev–Trinajstić information content (AvgIpc) is 3.14. The van der Waals surface area contributed by atoms with Crippen LogP contribution in [0.5, 0.6) is 0 Å². The van der Waals surface area contributed by atoms with Gasteiger partial charge in [-0.1, -0.05) is 131 Å². The van der Waals surface area contributed by atoms with E-state index in [-0.39, 0.29) is 12.3 Å². The van der Waals surface area contributed by atoms with Gasteiger partial charge in [-0.15, -0.1) is 0 Å².